The van der Waals surface area contributed by atoms with Crippen molar-refractivity contribution < 1.29 is 22.7 Å². The van der Waals surface area contributed by atoms with Crippen LogP contribution in [-0.4, -0.2) is 48.9 Å². The first kappa shape index (κ1) is 21.4. The van der Waals surface area contributed by atoms with E-state index in [4.69, 9.17) is 4.74 Å². The van der Waals surface area contributed by atoms with Crippen molar-refractivity contribution in [2.45, 2.75) is 24.7 Å². The van der Waals surface area contributed by atoms with Crippen LogP contribution < -0.4 is 4.80 Å². The zero-order valence-electron chi connectivity index (χ0n) is 16.3. The number of hydrogen-bond donors (Lipinski definition) is 0. The van der Waals surface area contributed by atoms with E-state index in [0.29, 0.717) is 23.2 Å². The summed E-state index contributed by atoms with van der Waals surface area (Å²) in [6, 6.07) is 5.71. The second-order valence-electron chi connectivity index (χ2n) is 6.67. The quantitative estimate of drug-likeness (QED) is 0.664. The highest BCUT2D eigenvalue weighted by Crippen LogP contribution is 2.25. The number of amides is 1. The van der Waals surface area contributed by atoms with Crippen LogP contribution in [-0.2, 0) is 26.6 Å². The Labute approximate surface area is 173 Å². The first-order chi connectivity index (χ1) is 13.8. The lowest BCUT2D eigenvalue weighted by molar-refractivity contribution is -0.122. The summed E-state index contributed by atoms with van der Waals surface area (Å²) in [5.41, 5.74) is 0.304. The molecule has 8 nitrogen and oxygen atoms in total. The van der Waals surface area contributed by atoms with Crippen LogP contribution in [0.3, 0.4) is 0 Å². The summed E-state index contributed by atoms with van der Waals surface area (Å²) in [7, 11) is -1.86. The molecule has 10 heteroatoms. The minimum atomic E-state index is -3.69. The second-order valence-corrected chi connectivity index (χ2v) is 9.48. The van der Waals surface area contributed by atoms with Gasteiger partial charge in [-0.15, -0.1) is 11.3 Å². The first-order valence-electron chi connectivity index (χ1n) is 9.29. The molecular formula is C19H23N3O5S2. The number of piperidine rings is 1. The molecule has 0 radical (unpaired) electrons. The van der Waals surface area contributed by atoms with Crippen LogP contribution in [0.5, 0.6) is 0 Å². The minimum absolute atomic E-state index is 0.116. The number of ether oxygens (including phenoxy) is 1. The van der Waals surface area contributed by atoms with E-state index in [2.05, 4.69) is 4.99 Å². The molecule has 1 amide bonds. The largest absolute Gasteiger partial charge is 0.462 e. The normalized spacial score (nSPS) is 16.7. The summed E-state index contributed by atoms with van der Waals surface area (Å²) >= 11 is 1.39. The van der Waals surface area contributed by atoms with Gasteiger partial charge in [0.2, 0.25) is 10.0 Å². The molecule has 2 heterocycles. The fourth-order valence-electron chi connectivity index (χ4n) is 3.09. The maximum absolute atomic E-state index is 12.9. The van der Waals surface area contributed by atoms with Crippen LogP contribution >= 0.6 is 11.3 Å². The summed E-state index contributed by atoms with van der Waals surface area (Å²) in [4.78, 5) is 29.0. The van der Waals surface area contributed by atoms with Crippen LogP contribution in [0.4, 0.5) is 0 Å². The molecule has 1 saturated heterocycles. The van der Waals surface area contributed by atoms with Crippen molar-refractivity contribution in [2.75, 3.05) is 19.7 Å². The van der Waals surface area contributed by atoms with E-state index >= 15 is 0 Å². The van der Waals surface area contributed by atoms with Crippen molar-refractivity contribution in [1.82, 2.24) is 8.87 Å². The smallest absolute Gasteiger partial charge is 0.338 e. The molecule has 0 atom stereocenters. The number of benzene rings is 1. The maximum atomic E-state index is 12.9. The van der Waals surface area contributed by atoms with E-state index in [9.17, 15) is 18.0 Å². The van der Waals surface area contributed by atoms with Gasteiger partial charge in [0.25, 0.3) is 5.91 Å². The van der Waals surface area contributed by atoms with Gasteiger partial charge in [-0.25, -0.2) is 13.2 Å². The zero-order chi connectivity index (χ0) is 21.0. The van der Waals surface area contributed by atoms with Gasteiger partial charge >= 0.3 is 5.97 Å². The highest BCUT2D eigenvalue weighted by Gasteiger charge is 2.32. The van der Waals surface area contributed by atoms with E-state index in [1.54, 1.807) is 11.5 Å². The summed E-state index contributed by atoms with van der Waals surface area (Å²) in [6.45, 7) is 2.47. The number of aromatic nitrogens is 1. The number of esters is 1. The van der Waals surface area contributed by atoms with Gasteiger partial charge in [-0.05, 0) is 44.0 Å². The van der Waals surface area contributed by atoms with Crippen LogP contribution in [0.1, 0.15) is 30.1 Å². The molecule has 0 unspecified atom stereocenters. The molecule has 1 fully saturated rings. The lowest BCUT2D eigenvalue weighted by atomic mass is 9.98. The third kappa shape index (κ3) is 4.82. The highest BCUT2D eigenvalue weighted by molar-refractivity contribution is 7.89. The Balaban J connectivity index is 1.66. The molecule has 1 aromatic heterocycles. The Hall–Kier alpha value is -2.30. The van der Waals surface area contributed by atoms with Gasteiger partial charge < -0.3 is 9.30 Å². The molecule has 0 spiro atoms. The molecule has 1 aliphatic rings. The molecule has 0 bridgehead atoms. The van der Waals surface area contributed by atoms with Crippen LogP contribution in [0, 0.1) is 5.92 Å². The molecular weight excluding hydrogens is 414 g/mol. The number of aryl methyl sites for hydroxylation is 1. The van der Waals surface area contributed by atoms with Gasteiger partial charge in [-0.3, -0.25) is 4.79 Å². The Morgan fingerprint density at radius 1 is 1.21 bits per heavy atom. The van der Waals surface area contributed by atoms with Gasteiger partial charge in [0.1, 0.15) is 0 Å². The summed E-state index contributed by atoms with van der Waals surface area (Å²) in [6.07, 6.45) is 2.69. The number of carbonyl (C=O) groups is 2. The van der Waals surface area contributed by atoms with Gasteiger partial charge in [0.15, 0.2) is 4.80 Å². The van der Waals surface area contributed by atoms with Crippen molar-refractivity contribution >= 4 is 33.2 Å². The van der Waals surface area contributed by atoms with Crippen LogP contribution in [0.15, 0.2) is 45.7 Å². The van der Waals surface area contributed by atoms with E-state index in [-0.39, 0.29) is 36.4 Å². The van der Waals surface area contributed by atoms with E-state index in [0.717, 1.165) is 0 Å². The molecule has 0 aliphatic carbocycles. The molecule has 0 saturated carbocycles. The van der Waals surface area contributed by atoms with Crippen LogP contribution in [0.2, 0.25) is 0 Å². The second kappa shape index (κ2) is 9.02. The lowest BCUT2D eigenvalue weighted by Gasteiger charge is -2.29. The topological polar surface area (TPSA) is 98.0 Å². The molecule has 29 heavy (non-hydrogen) atoms. The summed E-state index contributed by atoms with van der Waals surface area (Å²) < 4.78 is 33.8. The number of carbonyl (C=O) groups excluding carboxylic acids is 2. The Morgan fingerprint density at radius 3 is 2.41 bits per heavy atom. The van der Waals surface area contributed by atoms with Gasteiger partial charge in [-0.1, -0.05) is 0 Å². The van der Waals surface area contributed by atoms with Crippen molar-refractivity contribution in [3.05, 3.63) is 46.2 Å². The van der Waals surface area contributed by atoms with Gasteiger partial charge in [0.05, 0.1) is 17.1 Å². The van der Waals surface area contributed by atoms with Gasteiger partial charge in [-0.2, -0.15) is 9.30 Å². The van der Waals surface area contributed by atoms with E-state index < -0.39 is 16.0 Å². The standard InChI is InChI=1S/C19H23N3O5S2/c1-3-27-18(24)15-4-6-16(7-5-15)29(25,26)22-10-8-14(9-11-22)17(23)20-19-21(2)12-13-28-19/h4-7,12-14H,3,8-11H2,1-2H3. The highest BCUT2D eigenvalue weighted by atomic mass is 32.2. The molecule has 3 rings (SSSR count). The fraction of sp³-hybridized carbons (Fsp3) is 0.421. The Kier molecular flexibility index (Phi) is 6.66. The molecule has 0 N–H and O–H groups in total. The number of nitrogens with zero attached hydrogens (tertiary/aromatic N) is 3. The summed E-state index contributed by atoms with van der Waals surface area (Å²) in [5, 5.41) is 1.86. The molecule has 2 aromatic rings. The van der Waals surface area contributed by atoms with Crippen molar-refractivity contribution in [3.63, 3.8) is 0 Å². The third-order valence-electron chi connectivity index (χ3n) is 4.77. The van der Waals surface area contributed by atoms with Gasteiger partial charge in [0, 0.05) is 37.6 Å². The monoisotopic (exact) mass is 437 g/mol. The fourth-order valence-corrected chi connectivity index (χ4v) is 5.29. The average molecular weight is 438 g/mol. The van der Waals surface area contributed by atoms with Crippen LogP contribution in [0.25, 0.3) is 0 Å². The minimum Gasteiger partial charge on any atom is -0.462 e. The Bertz CT molecular complexity index is 1050. The van der Waals surface area contributed by atoms with E-state index in [1.165, 1.54) is 39.9 Å². The zero-order valence-corrected chi connectivity index (χ0v) is 17.9. The number of hydrogen-bond acceptors (Lipinski definition) is 6. The molecule has 156 valence electrons. The van der Waals surface area contributed by atoms with Crippen molar-refractivity contribution in [1.29, 1.82) is 0 Å². The summed E-state index contributed by atoms with van der Waals surface area (Å²) in [5.74, 6) is -0.979. The SMILES string of the molecule is CCOC(=O)c1ccc(S(=O)(=O)N2CCC(C(=O)N=c3sccn3C)CC2)cc1. The third-order valence-corrected chi connectivity index (χ3v) is 7.53. The molecule has 1 aromatic carbocycles. The van der Waals surface area contributed by atoms with Crippen molar-refractivity contribution in [2.24, 2.45) is 18.0 Å². The number of rotatable bonds is 5. The van der Waals surface area contributed by atoms with Crippen molar-refractivity contribution in [3.8, 4) is 0 Å². The predicted octanol–water partition coefficient (Wildman–Crippen LogP) is 1.79. The number of sulfonamides is 1. The Morgan fingerprint density at radius 2 is 1.86 bits per heavy atom. The maximum Gasteiger partial charge on any atom is 0.338 e. The van der Waals surface area contributed by atoms with E-state index in [1.807, 2.05) is 18.6 Å². The average Bonchev–Trinajstić information content (AvgIpc) is 3.12. The first-order valence-corrected chi connectivity index (χ1v) is 11.6. The predicted molar refractivity (Wildman–Crippen MR) is 108 cm³/mol. The lowest BCUT2D eigenvalue weighted by Crippen LogP contribution is -2.40. The molecule has 1 aliphatic heterocycles. The number of thiazole rings is 1.